The Morgan fingerprint density at radius 3 is 1.43 bits per heavy atom. The van der Waals surface area contributed by atoms with Crippen molar-refractivity contribution in [3.63, 3.8) is 0 Å². The summed E-state index contributed by atoms with van der Waals surface area (Å²) in [5.74, 6) is 0.402. The second kappa shape index (κ2) is 8.56. The topological polar surface area (TPSA) is 34.1 Å². The molecule has 0 saturated carbocycles. The molecule has 0 atom stereocenters. The van der Waals surface area contributed by atoms with Crippen molar-refractivity contribution in [3.8, 4) is 0 Å². The molecule has 0 aliphatic carbocycles. The van der Waals surface area contributed by atoms with Gasteiger partial charge in [-0.1, -0.05) is 0 Å². The Kier molecular flexibility index (Phi) is 6.39. The number of ketones is 2. The number of Topliss-reactive ketones (excluding diaryl/α,β-unsaturated/α-hetero) is 2. The first-order valence-electron chi connectivity index (χ1n) is 7.01. The van der Waals surface area contributed by atoms with Gasteiger partial charge in [0, 0.05) is 0 Å². The Morgan fingerprint density at radius 2 is 1.05 bits per heavy atom. The monoisotopic (exact) mass is 346 g/mol. The summed E-state index contributed by atoms with van der Waals surface area (Å²) in [4.78, 5) is 23.8. The predicted octanol–water partition coefficient (Wildman–Crippen LogP) is 4.07. The van der Waals surface area contributed by atoms with Gasteiger partial charge in [-0.25, -0.2) is 0 Å². The summed E-state index contributed by atoms with van der Waals surface area (Å²) < 4.78 is 0. The summed E-state index contributed by atoms with van der Waals surface area (Å²) in [7, 11) is 0. The van der Waals surface area contributed by atoms with Crippen molar-refractivity contribution >= 4 is 26.5 Å². The summed E-state index contributed by atoms with van der Waals surface area (Å²) in [5, 5.41) is 1.81. The van der Waals surface area contributed by atoms with Crippen LogP contribution in [0.2, 0.25) is 10.6 Å². The zero-order valence-corrected chi connectivity index (χ0v) is 13.5. The van der Waals surface area contributed by atoms with Gasteiger partial charge in [0.25, 0.3) is 0 Å². The second-order valence-corrected chi connectivity index (χ2v) is 7.26. The van der Waals surface area contributed by atoms with Gasteiger partial charge in [0.05, 0.1) is 0 Å². The van der Waals surface area contributed by atoms with E-state index >= 15 is 0 Å². The van der Waals surface area contributed by atoms with Gasteiger partial charge >= 0.3 is 131 Å². The molecule has 0 bridgehead atoms. The molecular formula is C18H18O2Se. The van der Waals surface area contributed by atoms with E-state index in [1.807, 2.05) is 60.7 Å². The van der Waals surface area contributed by atoms with Crippen LogP contribution in [-0.2, 0) is 0 Å². The van der Waals surface area contributed by atoms with E-state index in [1.54, 1.807) is 0 Å². The zero-order valence-electron chi connectivity index (χ0n) is 11.8. The average Bonchev–Trinajstić information content (AvgIpc) is 2.55. The maximum absolute atomic E-state index is 11.9. The van der Waals surface area contributed by atoms with Crippen LogP contribution in [0, 0.1) is 0 Å². The molecule has 2 aromatic rings. The van der Waals surface area contributed by atoms with Crippen LogP contribution in [0.1, 0.15) is 33.6 Å². The van der Waals surface area contributed by atoms with Crippen LogP contribution < -0.4 is 0 Å². The molecule has 0 amide bonds. The molecule has 21 heavy (non-hydrogen) atoms. The molecule has 0 heterocycles. The third kappa shape index (κ3) is 5.30. The number of carbonyl (C=O) groups is 2. The standard InChI is InChI=1S/C18H18O2Se/c19-17(15-7-3-1-4-8-15)11-13-21-14-12-18(20)16-9-5-2-6-10-16/h1-10H,11-14H2. The SMILES string of the molecule is O=C(CC[Se]CCC(=O)c1ccccc1)c1ccccc1. The number of hydrogen-bond donors (Lipinski definition) is 0. The Morgan fingerprint density at radius 1 is 0.667 bits per heavy atom. The molecule has 0 aliphatic rings. The Labute approximate surface area is 131 Å². The minimum absolute atomic E-state index is 0.201. The molecule has 0 fully saturated rings. The van der Waals surface area contributed by atoms with Crippen LogP contribution in [0.15, 0.2) is 60.7 Å². The van der Waals surface area contributed by atoms with E-state index in [2.05, 4.69) is 0 Å². The Hall–Kier alpha value is -1.70. The van der Waals surface area contributed by atoms with Crippen molar-refractivity contribution in [1.29, 1.82) is 0 Å². The van der Waals surface area contributed by atoms with Crippen LogP contribution >= 0.6 is 0 Å². The summed E-state index contributed by atoms with van der Waals surface area (Å²) in [6, 6.07) is 18.8. The maximum atomic E-state index is 11.9. The first-order chi connectivity index (χ1) is 10.3. The molecule has 3 heteroatoms. The van der Waals surface area contributed by atoms with Crippen molar-refractivity contribution in [3.05, 3.63) is 71.8 Å². The van der Waals surface area contributed by atoms with E-state index in [4.69, 9.17) is 0 Å². The quantitative estimate of drug-likeness (QED) is 0.411. The van der Waals surface area contributed by atoms with Crippen molar-refractivity contribution in [2.45, 2.75) is 23.5 Å². The van der Waals surface area contributed by atoms with Gasteiger partial charge in [0.1, 0.15) is 0 Å². The van der Waals surface area contributed by atoms with Gasteiger partial charge in [-0.05, 0) is 0 Å². The van der Waals surface area contributed by atoms with E-state index in [0.717, 1.165) is 21.8 Å². The molecule has 0 unspecified atom stereocenters. The number of rotatable bonds is 8. The van der Waals surface area contributed by atoms with Gasteiger partial charge in [-0.15, -0.1) is 0 Å². The minimum atomic E-state index is 0.201. The predicted molar refractivity (Wildman–Crippen MR) is 86.1 cm³/mol. The molecule has 0 aliphatic heterocycles. The number of benzene rings is 2. The second-order valence-electron chi connectivity index (χ2n) is 4.69. The van der Waals surface area contributed by atoms with E-state index in [1.165, 1.54) is 0 Å². The first-order valence-corrected chi connectivity index (χ1v) is 9.44. The Balaban J connectivity index is 1.64. The molecule has 0 spiro atoms. The van der Waals surface area contributed by atoms with Gasteiger partial charge in [-0.2, -0.15) is 0 Å². The van der Waals surface area contributed by atoms with Crippen molar-refractivity contribution in [2.24, 2.45) is 0 Å². The third-order valence-electron chi connectivity index (χ3n) is 3.14. The molecule has 0 aromatic heterocycles. The van der Waals surface area contributed by atoms with E-state index < -0.39 is 0 Å². The number of hydrogen-bond acceptors (Lipinski definition) is 2. The molecule has 108 valence electrons. The zero-order chi connectivity index (χ0) is 14.9. The van der Waals surface area contributed by atoms with Crippen LogP contribution in [0.4, 0.5) is 0 Å². The molecule has 2 nitrogen and oxygen atoms in total. The van der Waals surface area contributed by atoms with Crippen molar-refractivity contribution in [2.75, 3.05) is 0 Å². The summed E-state index contributed by atoms with van der Waals surface area (Å²) in [6.45, 7) is 0. The van der Waals surface area contributed by atoms with Crippen molar-refractivity contribution < 1.29 is 9.59 Å². The third-order valence-corrected chi connectivity index (χ3v) is 5.21. The van der Waals surface area contributed by atoms with E-state index in [9.17, 15) is 9.59 Å². The summed E-state index contributed by atoms with van der Waals surface area (Å²) >= 11 is 0.356. The number of carbonyl (C=O) groups excluding carboxylic acids is 2. The fraction of sp³-hybridized carbons (Fsp3) is 0.222. The molecule has 2 aromatic carbocycles. The Bertz CT molecular complexity index is 525. The molecule has 0 saturated heterocycles. The summed E-state index contributed by atoms with van der Waals surface area (Å²) in [6.07, 6.45) is 1.17. The fourth-order valence-corrected chi connectivity index (χ4v) is 3.78. The molecular weight excluding hydrogens is 327 g/mol. The van der Waals surface area contributed by atoms with Gasteiger partial charge < -0.3 is 0 Å². The molecule has 2 rings (SSSR count). The normalized spacial score (nSPS) is 10.3. The van der Waals surface area contributed by atoms with Crippen LogP contribution in [0.5, 0.6) is 0 Å². The average molecular weight is 345 g/mol. The van der Waals surface area contributed by atoms with Crippen molar-refractivity contribution in [1.82, 2.24) is 0 Å². The fourth-order valence-electron chi connectivity index (χ4n) is 1.97. The molecule has 0 N–H and O–H groups in total. The van der Waals surface area contributed by atoms with Crippen LogP contribution in [0.3, 0.4) is 0 Å². The van der Waals surface area contributed by atoms with E-state index in [0.29, 0.717) is 27.8 Å². The van der Waals surface area contributed by atoms with Gasteiger partial charge in [0.2, 0.25) is 0 Å². The first kappa shape index (κ1) is 15.7. The van der Waals surface area contributed by atoms with Gasteiger partial charge in [0.15, 0.2) is 0 Å². The van der Waals surface area contributed by atoms with E-state index in [-0.39, 0.29) is 11.6 Å². The van der Waals surface area contributed by atoms with Gasteiger partial charge in [-0.3, -0.25) is 0 Å². The molecule has 0 radical (unpaired) electrons. The van der Waals surface area contributed by atoms with Crippen LogP contribution in [-0.4, -0.2) is 26.5 Å². The summed E-state index contributed by atoms with van der Waals surface area (Å²) in [5.41, 5.74) is 1.57. The van der Waals surface area contributed by atoms with Crippen LogP contribution in [0.25, 0.3) is 0 Å².